The Labute approximate surface area is 566 Å². The van der Waals surface area contributed by atoms with Crippen LogP contribution in [0.15, 0.2) is 103 Å². The second-order valence-corrected chi connectivity index (χ2v) is 27.3. The number of esters is 2. The van der Waals surface area contributed by atoms with Crippen molar-refractivity contribution in [3.8, 4) is 57.5 Å². The summed E-state index contributed by atoms with van der Waals surface area (Å²) in [4.78, 5) is 37.5. The number of aliphatic hydroxyl groups excluding tert-OH is 2. The van der Waals surface area contributed by atoms with E-state index in [4.69, 9.17) is 32.7 Å². The van der Waals surface area contributed by atoms with E-state index >= 15 is 0 Å². The number of aliphatic hydroxyl groups is 2. The van der Waals surface area contributed by atoms with Gasteiger partial charge in [0.15, 0.2) is 29.1 Å². The predicted octanol–water partition coefficient (Wildman–Crippen LogP) is 14.1. The molecule has 3 heterocycles. The second kappa shape index (κ2) is 39.2. The second-order valence-electron chi connectivity index (χ2n) is 25.9. The van der Waals surface area contributed by atoms with E-state index in [-0.39, 0.29) is 89.2 Å². The highest BCUT2D eigenvalue weighted by molar-refractivity contribution is 7.45. The number of ether oxygens (including phenoxy) is 5. The van der Waals surface area contributed by atoms with E-state index in [0.717, 1.165) is 89.2 Å². The van der Waals surface area contributed by atoms with Gasteiger partial charge in [-0.05, 0) is 113 Å². The lowest BCUT2D eigenvalue weighted by Gasteiger charge is -2.50. The summed E-state index contributed by atoms with van der Waals surface area (Å²) in [5, 5.41) is 95.1. The Balaban J connectivity index is 0.000000310. The SMILES string of the molecule is CCCCC/C=C\C/C=C\CCCCCCCC(=O)OCC(COP(=O)([O-])OCC[N+](C)(C)C)OC(=O)CCCCCCC/C=C\C/C=C\CCCCC.Oc1cc(O)c2c(c1)O[C@@]1(c3ccc(O)c(O)c3)Oc3cc(O)c4c(c3[C@@H]2[C@H]1O)O[C@H](c1ccc(O)c(O)c1)[C@H](O)C4. The van der Waals surface area contributed by atoms with Crippen LogP contribution in [-0.2, 0) is 44.9 Å². The minimum Gasteiger partial charge on any atom is -0.756 e. The van der Waals surface area contributed by atoms with E-state index in [1.54, 1.807) is 0 Å². The van der Waals surface area contributed by atoms with Crippen LogP contribution < -0.4 is 19.1 Å². The zero-order valence-electron chi connectivity index (χ0n) is 56.6. The van der Waals surface area contributed by atoms with Gasteiger partial charge in [-0.15, -0.1) is 0 Å². The number of carbonyl (C=O) groups is 2. The fourth-order valence-corrected chi connectivity index (χ4v) is 12.2. The molecule has 7 atom stereocenters. The number of phenolic OH excluding ortho intramolecular Hbond substituents is 7. The third-order valence-corrected chi connectivity index (χ3v) is 17.8. The van der Waals surface area contributed by atoms with Gasteiger partial charge in [0.1, 0.15) is 66.5 Å². The molecule has 9 N–H and O–H groups in total. The molecule has 21 nitrogen and oxygen atoms in total. The lowest BCUT2D eigenvalue weighted by atomic mass is 9.74. The Morgan fingerprint density at radius 1 is 0.604 bits per heavy atom. The Morgan fingerprint density at radius 3 is 1.70 bits per heavy atom. The van der Waals surface area contributed by atoms with Crippen molar-refractivity contribution in [2.45, 2.75) is 210 Å². The number of rotatable bonds is 40. The quantitative estimate of drug-likeness (QED) is 0.00499. The highest BCUT2D eigenvalue weighted by atomic mass is 31.2. The van der Waals surface area contributed by atoms with Crippen LogP contribution in [0, 0.1) is 0 Å². The van der Waals surface area contributed by atoms with E-state index in [1.165, 1.54) is 93.8 Å². The molecule has 2 unspecified atom stereocenters. The summed E-state index contributed by atoms with van der Waals surface area (Å²) >= 11 is 0. The van der Waals surface area contributed by atoms with Gasteiger partial charge in [0, 0.05) is 59.7 Å². The minimum atomic E-state index is -4.63. The maximum Gasteiger partial charge on any atom is 0.306 e. The number of phosphoric ester groups is 1. The first-order valence-electron chi connectivity index (χ1n) is 34.2. The molecule has 7 rings (SSSR count). The monoisotopic (exact) mass is 1360 g/mol. The van der Waals surface area contributed by atoms with Crippen LogP contribution >= 0.6 is 7.82 Å². The molecule has 0 fully saturated rings. The van der Waals surface area contributed by atoms with Gasteiger partial charge >= 0.3 is 17.7 Å². The van der Waals surface area contributed by atoms with Gasteiger partial charge in [-0.3, -0.25) is 14.2 Å². The number of quaternary nitrogens is 1. The number of likely N-dealkylation sites (N-methyl/N-ethyl adjacent to an activating group) is 1. The number of hydrogen-bond donors (Lipinski definition) is 9. The standard InChI is InChI=1S/C44H80NO8P.C30H24O12/c1-6-8-10-12-14-16-18-20-22-24-26-28-30-32-34-36-43(46)50-40-42(41-52-54(48,49)51-39-38-45(3,4)5)53-44(47)37-35-33-31-29-27-25-23-21-19-17-15-13-11-9-7-2;31-13-7-20(37)24-22(8-13)41-30(12-2-4-16(33)19(36)6-12)29(39)26(24)25-23(42-30)10-17(34)14-9-21(38)27(40-28(14)25)11-1-3-15(32)18(35)5-11/h14-17,20-23,42H,6-13,18-19,24-41H2,1-5H3;1-8,10,21,26-27,29,31-39H,9H2/b16-14-,17-15-,22-20-,23-21-;/t;21-,26-,27-,29-,30+/m.1/s1. The van der Waals surface area contributed by atoms with Crippen molar-refractivity contribution < 1.29 is 102 Å². The van der Waals surface area contributed by atoms with E-state index in [2.05, 4.69) is 62.5 Å². The number of unbranched alkanes of at least 4 members (excludes halogenated alkanes) is 16. The number of fused-ring (bicyclic) bond motifs is 8. The zero-order chi connectivity index (χ0) is 69.7. The number of carbonyl (C=O) groups excluding carboxylic acids is 2. The summed E-state index contributed by atoms with van der Waals surface area (Å²) in [6, 6.07) is 11.1. The van der Waals surface area contributed by atoms with Crippen molar-refractivity contribution in [2.75, 3.05) is 47.5 Å². The van der Waals surface area contributed by atoms with Crippen molar-refractivity contribution in [1.29, 1.82) is 0 Å². The van der Waals surface area contributed by atoms with Crippen LogP contribution in [0.1, 0.15) is 208 Å². The number of benzene rings is 4. The Kier molecular flexibility index (Phi) is 31.8. The fourth-order valence-electron chi connectivity index (χ4n) is 11.5. The van der Waals surface area contributed by atoms with Crippen LogP contribution in [-0.4, -0.2) is 128 Å². The highest BCUT2D eigenvalue weighted by Gasteiger charge is 2.60. The van der Waals surface area contributed by atoms with E-state index < -0.39 is 85.5 Å². The highest BCUT2D eigenvalue weighted by Crippen LogP contribution is 2.62. The summed E-state index contributed by atoms with van der Waals surface area (Å²) in [5.74, 6) is -6.98. The summed E-state index contributed by atoms with van der Waals surface area (Å²) in [6.45, 7) is 4.13. The van der Waals surface area contributed by atoms with Crippen molar-refractivity contribution in [3.05, 3.63) is 131 Å². The largest absolute Gasteiger partial charge is 0.756 e. The van der Waals surface area contributed by atoms with Crippen molar-refractivity contribution in [1.82, 2.24) is 0 Å². The van der Waals surface area contributed by atoms with Crippen molar-refractivity contribution in [3.63, 3.8) is 0 Å². The molecular weight excluding hydrogens is 1250 g/mol. The van der Waals surface area contributed by atoms with Crippen molar-refractivity contribution in [2.24, 2.45) is 0 Å². The molecule has 3 aliphatic heterocycles. The summed E-state index contributed by atoms with van der Waals surface area (Å²) in [7, 11) is 1.14. The third-order valence-electron chi connectivity index (χ3n) is 16.9. The van der Waals surface area contributed by atoms with Crippen LogP contribution in [0.5, 0.6) is 57.5 Å². The molecule has 22 heteroatoms. The molecular formula is C74H104NO20P. The molecule has 0 aromatic heterocycles. The van der Waals surface area contributed by atoms with E-state index in [1.807, 2.05) is 21.1 Å². The number of allylic oxidation sites excluding steroid dienone is 8. The lowest BCUT2D eigenvalue weighted by Crippen LogP contribution is -2.57. The Morgan fingerprint density at radius 2 is 1.14 bits per heavy atom. The molecule has 0 aliphatic carbocycles. The first kappa shape index (κ1) is 77.8. The van der Waals surface area contributed by atoms with Gasteiger partial charge in [-0.25, -0.2) is 0 Å². The molecule has 0 saturated heterocycles. The Bertz CT molecular complexity index is 3260. The van der Waals surface area contributed by atoms with E-state index in [0.29, 0.717) is 29.4 Å². The van der Waals surface area contributed by atoms with Gasteiger partial charge in [-0.1, -0.05) is 133 Å². The average molecular weight is 1360 g/mol. The average Bonchev–Trinajstić information content (AvgIpc) is 0.695. The molecule has 4 aromatic rings. The van der Waals surface area contributed by atoms with Gasteiger partial charge in [-0.2, -0.15) is 0 Å². The van der Waals surface area contributed by atoms with Gasteiger partial charge in [0.2, 0.25) is 0 Å². The smallest absolute Gasteiger partial charge is 0.306 e. The number of nitrogens with zero attached hydrogens (tertiary/aromatic N) is 1. The van der Waals surface area contributed by atoms with Crippen molar-refractivity contribution >= 4 is 19.8 Å². The van der Waals surface area contributed by atoms with Gasteiger partial charge in [0.05, 0.1) is 39.8 Å². The maximum atomic E-state index is 12.6. The third kappa shape index (κ3) is 24.4. The van der Waals surface area contributed by atoms with Gasteiger partial charge in [0.25, 0.3) is 7.82 Å². The molecule has 0 radical (unpaired) electrons. The number of hydrogen-bond acceptors (Lipinski definition) is 20. The minimum absolute atomic E-state index is 0.0177. The topological polar surface area (TPSA) is 321 Å². The molecule has 530 valence electrons. The summed E-state index contributed by atoms with van der Waals surface area (Å²) in [5.41, 5.74) is 0.842. The lowest BCUT2D eigenvalue weighted by molar-refractivity contribution is -0.870. The molecule has 4 aromatic carbocycles. The molecule has 0 spiro atoms. The number of phosphoric acid groups is 1. The Hall–Kier alpha value is -7.23. The van der Waals surface area contributed by atoms with Crippen LogP contribution in [0.4, 0.5) is 0 Å². The maximum absolute atomic E-state index is 12.6. The first-order chi connectivity index (χ1) is 46.0. The van der Waals surface area contributed by atoms with Crippen LogP contribution in [0.25, 0.3) is 0 Å². The molecule has 3 aliphatic rings. The molecule has 96 heavy (non-hydrogen) atoms. The zero-order valence-corrected chi connectivity index (χ0v) is 57.5. The van der Waals surface area contributed by atoms with Crippen LogP contribution in [0.2, 0.25) is 0 Å². The summed E-state index contributed by atoms with van der Waals surface area (Å²) in [6.07, 6.45) is 37.3. The number of phenols is 7. The first-order valence-corrected chi connectivity index (χ1v) is 35.7. The van der Waals surface area contributed by atoms with E-state index in [9.17, 15) is 65.0 Å². The molecule has 0 amide bonds. The predicted molar refractivity (Wildman–Crippen MR) is 363 cm³/mol. The fraction of sp³-hybridized carbons (Fsp3) is 0.541. The summed E-state index contributed by atoms with van der Waals surface area (Å²) < 4.78 is 52.5. The molecule has 0 saturated carbocycles. The van der Waals surface area contributed by atoms with Gasteiger partial charge < -0.3 is 88.1 Å². The van der Waals surface area contributed by atoms with Crippen LogP contribution in [0.3, 0.4) is 0 Å². The number of aromatic hydroxyl groups is 7. The molecule has 2 bridgehead atoms. The normalized spacial score (nSPS) is 19.0.